The molecule has 0 bridgehead atoms. The second kappa shape index (κ2) is 11.1. The highest BCUT2D eigenvalue weighted by atomic mass is 35.5. The summed E-state index contributed by atoms with van der Waals surface area (Å²) in [4.78, 5) is 13.0. The normalized spacial score (nSPS) is 11.2. The van der Waals surface area contributed by atoms with E-state index in [0.717, 1.165) is 16.9 Å². The van der Waals surface area contributed by atoms with E-state index in [1.165, 1.54) is 17.8 Å². The lowest BCUT2D eigenvalue weighted by Gasteiger charge is -2.10. The van der Waals surface area contributed by atoms with Crippen molar-refractivity contribution in [1.29, 1.82) is 0 Å². The van der Waals surface area contributed by atoms with Crippen LogP contribution in [-0.4, -0.2) is 18.2 Å². The van der Waals surface area contributed by atoms with Crippen LogP contribution in [0.1, 0.15) is 34.8 Å². The Labute approximate surface area is 170 Å². The number of amides is 1. The van der Waals surface area contributed by atoms with Crippen LogP contribution in [-0.2, 0) is 0 Å². The monoisotopic (exact) mass is 408 g/mol. The minimum absolute atomic E-state index is 0.280. The van der Waals surface area contributed by atoms with Crippen LogP contribution in [0.3, 0.4) is 0 Å². The van der Waals surface area contributed by atoms with Crippen LogP contribution in [0.25, 0.3) is 0 Å². The quantitative estimate of drug-likeness (QED) is 0.472. The molecule has 3 N–H and O–H groups in total. The fourth-order valence-corrected chi connectivity index (χ4v) is 3.01. The van der Waals surface area contributed by atoms with Crippen molar-refractivity contribution in [2.75, 3.05) is 11.6 Å². The molecule has 2 aromatic rings. The molecule has 1 amide bonds. The maximum absolute atomic E-state index is 13.7. The minimum Gasteiger partial charge on any atom is -0.328 e. The molecule has 3 nitrogen and oxygen atoms in total. The van der Waals surface area contributed by atoms with Crippen LogP contribution in [0, 0.1) is 19.7 Å². The van der Waals surface area contributed by atoms with Crippen molar-refractivity contribution in [3.63, 3.8) is 0 Å². The van der Waals surface area contributed by atoms with E-state index >= 15 is 0 Å². The Morgan fingerprint density at radius 1 is 1.37 bits per heavy atom. The zero-order valence-corrected chi connectivity index (χ0v) is 17.7. The highest BCUT2D eigenvalue weighted by molar-refractivity contribution is 7.98. The molecule has 0 saturated carbocycles. The Morgan fingerprint density at radius 2 is 2.04 bits per heavy atom. The largest absolute Gasteiger partial charge is 0.328 e. The molecule has 0 fully saturated rings. The van der Waals surface area contributed by atoms with E-state index in [2.05, 4.69) is 11.9 Å². The molecule has 0 heterocycles. The van der Waals surface area contributed by atoms with E-state index in [1.54, 1.807) is 31.2 Å². The standard InChI is InChI=1S/C16H15ClFNOS.C5H11N/c1-9-6-12(8-14(18)10(9)2)19-16(20)11-4-5-13(17)15(7-11)21-3;1-3-4-5(2)6/h4-8H,1-3H3,(H,19,20);3,5H,1,4,6H2,2H3. The molecular weight excluding hydrogens is 383 g/mol. The van der Waals surface area contributed by atoms with Gasteiger partial charge in [0, 0.05) is 22.2 Å². The molecule has 27 heavy (non-hydrogen) atoms. The first-order valence-electron chi connectivity index (χ1n) is 8.47. The zero-order valence-electron chi connectivity index (χ0n) is 16.1. The number of nitrogens with one attached hydrogen (secondary N) is 1. The third-order valence-corrected chi connectivity index (χ3v) is 5.03. The molecular formula is C21H26ClFN2OS. The van der Waals surface area contributed by atoms with Crippen LogP contribution in [0.4, 0.5) is 10.1 Å². The molecule has 0 aliphatic rings. The predicted octanol–water partition coefficient (Wildman–Crippen LogP) is 5.98. The molecule has 146 valence electrons. The van der Waals surface area contributed by atoms with E-state index in [1.807, 2.05) is 26.2 Å². The Bertz CT molecular complexity index is 786. The maximum atomic E-state index is 13.7. The van der Waals surface area contributed by atoms with Gasteiger partial charge in [-0.05, 0) is 74.9 Å². The fraction of sp³-hybridized carbons (Fsp3) is 0.286. The van der Waals surface area contributed by atoms with Crippen LogP contribution in [0.5, 0.6) is 0 Å². The van der Waals surface area contributed by atoms with Gasteiger partial charge in [-0.1, -0.05) is 17.7 Å². The van der Waals surface area contributed by atoms with Crippen LogP contribution >= 0.6 is 23.4 Å². The van der Waals surface area contributed by atoms with Crippen molar-refractivity contribution < 1.29 is 9.18 Å². The number of halogens is 2. The van der Waals surface area contributed by atoms with Crippen LogP contribution in [0.2, 0.25) is 5.02 Å². The van der Waals surface area contributed by atoms with Gasteiger partial charge in [-0.15, -0.1) is 18.3 Å². The molecule has 6 heteroatoms. The Morgan fingerprint density at radius 3 is 2.52 bits per heavy atom. The number of hydrogen-bond donors (Lipinski definition) is 2. The molecule has 1 atom stereocenters. The molecule has 1 unspecified atom stereocenters. The lowest BCUT2D eigenvalue weighted by Crippen LogP contribution is -2.12. The van der Waals surface area contributed by atoms with Gasteiger partial charge in [-0.3, -0.25) is 4.79 Å². The number of hydrogen-bond acceptors (Lipinski definition) is 3. The van der Waals surface area contributed by atoms with Crippen molar-refractivity contribution >= 4 is 35.0 Å². The van der Waals surface area contributed by atoms with E-state index in [4.69, 9.17) is 17.3 Å². The topological polar surface area (TPSA) is 55.1 Å². The van der Waals surface area contributed by atoms with Gasteiger partial charge in [-0.25, -0.2) is 4.39 Å². The summed E-state index contributed by atoms with van der Waals surface area (Å²) in [6, 6.07) is 8.41. The molecule has 0 aliphatic carbocycles. The minimum atomic E-state index is -0.328. The summed E-state index contributed by atoms with van der Waals surface area (Å²) in [5.41, 5.74) is 7.65. The van der Waals surface area contributed by atoms with Gasteiger partial charge in [0.05, 0.1) is 5.02 Å². The third kappa shape index (κ3) is 7.37. The second-order valence-corrected chi connectivity index (χ2v) is 7.46. The third-order valence-electron chi connectivity index (χ3n) is 3.81. The van der Waals surface area contributed by atoms with Gasteiger partial charge in [0.25, 0.3) is 5.91 Å². The Kier molecular flexibility index (Phi) is 9.56. The van der Waals surface area contributed by atoms with Gasteiger partial charge in [0.1, 0.15) is 5.82 Å². The molecule has 0 aliphatic heterocycles. The molecule has 0 saturated heterocycles. The number of thioether (sulfide) groups is 1. The number of carbonyl (C=O) groups excluding carboxylic acids is 1. The smallest absolute Gasteiger partial charge is 0.255 e. The summed E-state index contributed by atoms with van der Waals surface area (Å²) in [6.07, 6.45) is 4.63. The van der Waals surface area contributed by atoms with Crippen LogP contribution < -0.4 is 11.1 Å². The lowest BCUT2D eigenvalue weighted by molar-refractivity contribution is 0.102. The zero-order chi connectivity index (χ0) is 20.6. The summed E-state index contributed by atoms with van der Waals surface area (Å²) in [7, 11) is 0. The molecule has 2 aromatic carbocycles. The maximum Gasteiger partial charge on any atom is 0.255 e. The van der Waals surface area contributed by atoms with Gasteiger partial charge in [0.15, 0.2) is 0 Å². The summed E-state index contributed by atoms with van der Waals surface area (Å²) >= 11 is 7.49. The first-order chi connectivity index (χ1) is 12.7. The predicted molar refractivity (Wildman–Crippen MR) is 116 cm³/mol. The number of nitrogens with two attached hydrogens (primary N) is 1. The Balaban J connectivity index is 0.000000527. The number of carbonyl (C=O) groups is 1. The average molecular weight is 409 g/mol. The lowest BCUT2D eigenvalue weighted by atomic mass is 10.1. The summed E-state index contributed by atoms with van der Waals surface area (Å²) in [6.45, 7) is 9.00. The number of rotatable bonds is 5. The van der Waals surface area contributed by atoms with E-state index in [0.29, 0.717) is 21.8 Å². The van der Waals surface area contributed by atoms with Gasteiger partial charge < -0.3 is 11.1 Å². The SMILES string of the molecule is C=CCC(C)N.CSc1cc(C(=O)Nc2cc(C)c(C)c(F)c2)ccc1Cl. The van der Waals surface area contributed by atoms with Gasteiger partial charge in [-0.2, -0.15) is 0 Å². The van der Waals surface area contributed by atoms with Crippen molar-refractivity contribution in [2.24, 2.45) is 5.73 Å². The molecule has 0 spiro atoms. The first kappa shape index (κ1) is 23.2. The molecule has 2 rings (SSSR count). The van der Waals surface area contributed by atoms with Crippen molar-refractivity contribution in [2.45, 2.75) is 38.1 Å². The van der Waals surface area contributed by atoms with E-state index in [-0.39, 0.29) is 17.8 Å². The van der Waals surface area contributed by atoms with Crippen molar-refractivity contribution in [3.05, 3.63) is 70.5 Å². The van der Waals surface area contributed by atoms with Gasteiger partial charge in [0.2, 0.25) is 0 Å². The highest BCUT2D eigenvalue weighted by Gasteiger charge is 2.11. The second-order valence-electron chi connectivity index (χ2n) is 6.21. The summed E-state index contributed by atoms with van der Waals surface area (Å²) < 4.78 is 13.7. The number of anilines is 1. The first-order valence-corrected chi connectivity index (χ1v) is 10.1. The molecule has 0 aromatic heterocycles. The van der Waals surface area contributed by atoms with Crippen molar-refractivity contribution in [1.82, 2.24) is 0 Å². The van der Waals surface area contributed by atoms with Gasteiger partial charge >= 0.3 is 0 Å². The summed E-state index contributed by atoms with van der Waals surface area (Å²) in [5.74, 6) is -0.615. The molecule has 0 radical (unpaired) electrons. The fourth-order valence-electron chi connectivity index (χ4n) is 2.16. The van der Waals surface area contributed by atoms with Crippen molar-refractivity contribution in [3.8, 4) is 0 Å². The number of benzene rings is 2. The van der Waals surface area contributed by atoms with Crippen LogP contribution in [0.15, 0.2) is 47.9 Å². The Hall–Kier alpha value is -1.82. The number of aryl methyl sites for hydroxylation is 1. The highest BCUT2D eigenvalue weighted by Crippen LogP contribution is 2.27. The van der Waals surface area contributed by atoms with E-state index < -0.39 is 0 Å². The van der Waals surface area contributed by atoms with E-state index in [9.17, 15) is 9.18 Å². The average Bonchev–Trinajstić information content (AvgIpc) is 2.60. The summed E-state index contributed by atoms with van der Waals surface area (Å²) in [5, 5.41) is 3.31.